The van der Waals surface area contributed by atoms with Gasteiger partial charge in [-0.2, -0.15) is 0 Å². The number of hydrogen-bond donors (Lipinski definition) is 1. The molecule has 5 heteroatoms. The summed E-state index contributed by atoms with van der Waals surface area (Å²) in [6.07, 6.45) is 0.879. The molecule has 0 saturated heterocycles. The summed E-state index contributed by atoms with van der Waals surface area (Å²) in [5, 5.41) is 2.88. The smallest absolute Gasteiger partial charge is 0.339 e. The van der Waals surface area contributed by atoms with Crippen LogP contribution in [0, 0.1) is 6.92 Å². The second-order valence-electron chi connectivity index (χ2n) is 6.90. The molecule has 0 aliphatic heterocycles. The molecule has 5 nitrogen and oxygen atoms in total. The van der Waals surface area contributed by atoms with E-state index in [1.807, 2.05) is 62.4 Å². The van der Waals surface area contributed by atoms with Gasteiger partial charge in [-0.3, -0.25) is 4.79 Å². The number of anilines is 1. The van der Waals surface area contributed by atoms with Crippen LogP contribution in [0.25, 0.3) is 11.1 Å². The lowest BCUT2D eigenvalue weighted by molar-refractivity contribution is 0.0602. The van der Waals surface area contributed by atoms with E-state index in [2.05, 4.69) is 5.32 Å². The van der Waals surface area contributed by atoms with Gasteiger partial charge in [0.05, 0.1) is 25.0 Å². The third-order valence-electron chi connectivity index (χ3n) is 4.71. The molecule has 3 rings (SSSR count). The number of hydrogen-bond acceptors (Lipinski definition) is 4. The van der Waals surface area contributed by atoms with Crippen LogP contribution >= 0.6 is 0 Å². The molecule has 0 unspecified atom stereocenters. The first-order valence-electron chi connectivity index (χ1n) is 9.86. The van der Waals surface area contributed by atoms with E-state index in [9.17, 15) is 9.59 Å². The van der Waals surface area contributed by atoms with Crippen LogP contribution < -0.4 is 10.1 Å². The Morgan fingerprint density at radius 2 is 1.67 bits per heavy atom. The van der Waals surface area contributed by atoms with E-state index < -0.39 is 5.97 Å². The largest absolute Gasteiger partial charge is 0.494 e. The Morgan fingerprint density at radius 3 is 2.37 bits per heavy atom. The van der Waals surface area contributed by atoms with Crippen LogP contribution in [0.15, 0.2) is 66.7 Å². The van der Waals surface area contributed by atoms with Crippen LogP contribution in [0.5, 0.6) is 5.75 Å². The summed E-state index contributed by atoms with van der Waals surface area (Å²) in [5.74, 6) is -0.190. The summed E-state index contributed by atoms with van der Waals surface area (Å²) in [6, 6.07) is 20.4. The second-order valence-corrected chi connectivity index (χ2v) is 6.90. The van der Waals surface area contributed by atoms with Crippen molar-refractivity contribution in [3.05, 3.63) is 83.4 Å². The molecule has 3 aromatic carbocycles. The minimum absolute atomic E-state index is 0.293. The normalized spacial score (nSPS) is 10.4. The van der Waals surface area contributed by atoms with Crippen LogP contribution in [0.2, 0.25) is 0 Å². The predicted molar refractivity (Wildman–Crippen MR) is 118 cm³/mol. The van der Waals surface area contributed by atoms with Crippen LogP contribution in [0.3, 0.4) is 0 Å². The van der Waals surface area contributed by atoms with Crippen molar-refractivity contribution in [1.82, 2.24) is 0 Å². The first-order chi connectivity index (χ1) is 14.5. The number of carbonyl (C=O) groups is 2. The highest BCUT2D eigenvalue weighted by molar-refractivity contribution is 6.09. The van der Waals surface area contributed by atoms with Crippen molar-refractivity contribution >= 4 is 17.6 Å². The van der Waals surface area contributed by atoms with Crippen molar-refractivity contribution in [2.45, 2.75) is 20.3 Å². The zero-order valence-electron chi connectivity index (χ0n) is 17.4. The van der Waals surface area contributed by atoms with Crippen LogP contribution in [-0.2, 0) is 4.74 Å². The van der Waals surface area contributed by atoms with Crippen LogP contribution in [0.1, 0.15) is 39.6 Å². The fourth-order valence-electron chi connectivity index (χ4n) is 3.09. The lowest BCUT2D eigenvalue weighted by Gasteiger charge is -2.14. The molecular weight excluding hydrogens is 378 g/mol. The fourth-order valence-corrected chi connectivity index (χ4v) is 3.09. The van der Waals surface area contributed by atoms with E-state index in [1.54, 1.807) is 18.2 Å². The maximum absolute atomic E-state index is 13.1. The monoisotopic (exact) mass is 403 g/mol. The summed E-state index contributed by atoms with van der Waals surface area (Å²) in [5.41, 5.74) is 3.86. The Labute approximate surface area is 176 Å². The summed E-state index contributed by atoms with van der Waals surface area (Å²) in [6.45, 7) is 4.46. The highest BCUT2D eigenvalue weighted by Crippen LogP contribution is 2.27. The van der Waals surface area contributed by atoms with Gasteiger partial charge in [-0.05, 0) is 54.3 Å². The molecule has 154 valence electrons. The fraction of sp³-hybridized carbons (Fsp3) is 0.200. The molecular formula is C25H25NO4. The lowest BCUT2D eigenvalue weighted by atomic mass is 10.0. The van der Waals surface area contributed by atoms with E-state index in [0.717, 1.165) is 23.1 Å². The Morgan fingerprint density at radius 1 is 0.900 bits per heavy atom. The SMILES string of the molecule is CCCOc1ccc(C)c(C(=O)Nc2cc(-c3ccccc3)ccc2C(=O)OC)c1. The van der Waals surface area contributed by atoms with Gasteiger partial charge in [0, 0.05) is 5.56 Å². The molecule has 0 bridgehead atoms. The van der Waals surface area contributed by atoms with Crippen molar-refractivity contribution in [3.63, 3.8) is 0 Å². The highest BCUT2D eigenvalue weighted by Gasteiger charge is 2.17. The maximum Gasteiger partial charge on any atom is 0.339 e. The van der Waals surface area contributed by atoms with Crippen molar-refractivity contribution in [2.24, 2.45) is 0 Å². The van der Waals surface area contributed by atoms with E-state index in [0.29, 0.717) is 29.2 Å². The number of methoxy groups -OCH3 is 1. The van der Waals surface area contributed by atoms with Crippen molar-refractivity contribution in [2.75, 3.05) is 19.0 Å². The summed E-state index contributed by atoms with van der Waals surface area (Å²) in [4.78, 5) is 25.3. The van der Waals surface area contributed by atoms with Crippen molar-refractivity contribution in [1.29, 1.82) is 0 Å². The number of esters is 1. The molecule has 0 heterocycles. The molecule has 0 fully saturated rings. The minimum Gasteiger partial charge on any atom is -0.494 e. The molecule has 0 radical (unpaired) electrons. The Hall–Kier alpha value is -3.60. The topological polar surface area (TPSA) is 64.6 Å². The lowest BCUT2D eigenvalue weighted by Crippen LogP contribution is -2.17. The Bertz CT molecular complexity index is 1040. The first kappa shape index (κ1) is 21.1. The van der Waals surface area contributed by atoms with Gasteiger partial charge in [0.2, 0.25) is 0 Å². The quantitative estimate of drug-likeness (QED) is 0.530. The highest BCUT2D eigenvalue weighted by atomic mass is 16.5. The molecule has 3 aromatic rings. The third kappa shape index (κ3) is 4.87. The van der Waals surface area contributed by atoms with E-state index in [4.69, 9.17) is 9.47 Å². The molecule has 0 aliphatic rings. The molecule has 0 aliphatic carbocycles. The summed E-state index contributed by atoms with van der Waals surface area (Å²) < 4.78 is 10.5. The molecule has 1 amide bonds. The van der Waals surface area contributed by atoms with E-state index in [-0.39, 0.29) is 5.91 Å². The number of benzene rings is 3. The zero-order chi connectivity index (χ0) is 21.5. The molecule has 0 aromatic heterocycles. The standard InChI is InChI=1S/C25H25NO4/c1-4-14-30-20-12-10-17(2)22(16-20)24(27)26-23-15-19(18-8-6-5-7-9-18)11-13-21(23)25(28)29-3/h5-13,15-16H,4,14H2,1-3H3,(H,26,27). The molecule has 0 atom stereocenters. The zero-order valence-corrected chi connectivity index (χ0v) is 17.4. The number of aryl methyl sites for hydroxylation is 1. The second kappa shape index (κ2) is 9.74. The molecule has 0 saturated carbocycles. The van der Waals surface area contributed by atoms with Gasteiger partial charge in [0.25, 0.3) is 5.91 Å². The van der Waals surface area contributed by atoms with Gasteiger partial charge in [-0.25, -0.2) is 4.79 Å². The predicted octanol–water partition coefficient (Wildman–Crippen LogP) is 5.49. The number of amides is 1. The van der Waals surface area contributed by atoms with Gasteiger partial charge in [-0.1, -0.05) is 49.4 Å². The molecule has 0 spiro atoms. The summed E-state index contributed by atoms with van der Waals surface area (Å²) >= 11 is 0. The summed E-state index contributed by atoms with van der Waals surface area (Å²) in [7, 11) is 1.32. The number of nitrogens with one attached hydrogen (secondary N) is 1. The number of carbonyl (C=O) groups excluding carboxylic acids is 2. The van der Waals surface area contributed by atoms with Gasteiger partial charge >= 0.3 is 5.97 Å². The maximum atomic E-state index is 13.1. The molecule has 1 N–H and O–H groups in total. The van der Waals surface area contributed by atoms with E-state index in [1.165, 1.54) is 7.11 Å². The van der Waals surface area contributed by atoms with E-state index >= 15 is 0 Å². The number of rotatable bonds is 7. The average molecular weight is 403 g/mol. The Kier molecular flexibility index (Phi) is 6.86. The average Bonchev–Trinajstić information content (AvgIpc) is 2.78. The minimum atomic E-state index is -0.512. The number of ether oxygens (including phenoxy) is 2. The van der Waals surface area contributed by atoms with Crippen molar-refractivity contribution < 1.29 is 19.1 Å². The van der Waals surface area contributed by atoms with Gasteiger partial charge < -0.3 is 14.8 Å². The van der Waals surface area contributed by atoms with Gasteiger partial charge in [0.1, 0.15) is 5.75 Å². The van der Waals surface area contributed by atoms with Gasteiger partial charge in [-0.15, -0.1) is 0 Å². The molecule has 30 heavy (non-hydrogen) atoms. The first-order valence-corrected chi connectivity index (χ1v) is 9.86. The van der Waals surface area contributed by atoms with Crippen molar-refractivity contribution in [3.8, 4) is 16.9 Å². The Balaban J connectivity index is 1.96. The third-order valence-corrected chi connectivity index (χ3v) is 4.71. The van der Waals surface area contributed by atoms with Crippen LogP contribution in [-0.4, -0.2) is 25.6 Å². The van der Waals surface area contributed by atoms with Crippen LogP contribution in [0.4, 0.5) is 5.69 Å². The van der Waals surface area contributed by atoms with Gasteiger partial charge in [0.15, 0.2) is 0 Å².